The zero-order valence-corrected chi connectivity index (χ0v) is 4.00. The Labute approximate surface area is 45.2 Å². The molecule has 0 aliphatic carbocycles. The fraction of sp³-hybridized carbons (Fsp3) is 0.667. The molecule has 2 atom stereocenters. The van der Waals surface area contributed by atoms with Crippen molar-refractivity contribution in [1.82, 2.24) is 0 Å². The van der Waals surface area contributed by atoms with Crippen molar-refractivity contribution in [2.45, 2.75) is 12.0 Å². The van der Waals surface area contributed by atoms with Crippen molar-refractivity contribution in [3.63, 3.8) is 0 Å². The lowest BCUT2D eigenvalue weighted by molar-refractivity contribution is -0.123. The molecule has 1 aliphatic heterocycles. The van der Waals surface area contributed by atoms with Crippen LogP contribution in [0.3, 0.4) is 0 Å². The van der Waals surface area contributed by atoms with E-state index in [4.69, 9.17) is 10.8 Å². The number of nitrogens with two attached hydrogens (primary N) is 2. The molecule has 0 aromatic rings. The summed E-state index contributed by atoms with van der Waals surface area (Å²) >= 11 is 0. The van der Waals surface area contributed by atoms with Crippen LogP contribution in [0.15, 0.2) is 0 Å². The molecule has 0 radical (unpaired) electrons. The Kier molecular flexibility index (Phi) is 0.817. The summed E-state index contributed by atoms with van der Waals surface area (Å²) in [6.07, 6.45) is -1.21. The quantitative estimate of drug-likeness (QED) is 0.330. The van der Waals surface area contributed by atoms with E-state index in [0.29, 0.717) is 0 Å². The first kappa shape index (κ1) is 5.49. The lowest BCUT2D eigenvalue weighted by Crippen LogP contribution is -2.42. The van der Waals surface area contributed by atoms with Crippen molar-refractivity contribution < 1.29 is 14.6 Å². The summed E-state index contributed by atoms with van der Waals surface area (Å²) in [5, 5.41) is 8.41. The van der Waals surface area contributed by atoms with E-state index in [2.05, 4.69) is 10.5 Å². The number of aliphatic hydroxyl groups is 1. The molecule has 0 aromatic heterocycles. The lowest BCUT2D eigenvalue weighted by Gasteiger charge is -1.93. The molecule has 5 nitrogen and oxygen atoms in total. The van der Waals surface area contributed by atoms with Crippen molar-refractivity contribution in [3.05, 3.63) is 0 Å². The van der Waals surface area contributed by atoms with Crippen LogP contribution in [0.1, 0.15) is 0 Å². The van der Waals surface area contributed by atoms with E-state index in [1.54, 1.807) is 0 Å². The summed E-state index contributed by atoms with van der Waals surface area (Å²) < 4.78 is 4.22. The van der Waals surface area contributed by atoms with Gasteiger partial charge in [0.2, 0.25) is 6.29 Å². The Balaban J connectivity index is 2.60. The molecule has 1 aliphatic rings. The summed E-state index contributed by atoms with van der Waals surface area (Å²) in [5.41, 5.74) is 8.06. The van der Waals surface area contributed by atoms with Crippen LogP contribution in [0.2, 0.25) is 0 Å². The second-order valence-electron chi connectivity index (χ2n) is 1.63. The molecular weight excluding hydrogens is 112 g/mol. The molecule has 1 saturated heterocycles. The number of epoxide rings is 1. The molecule has 0 aromatic carbocycles. The number of ether oxygens (including phenoxy) is 1. The van der Waals surface area contributed by atoms with Gasteiger partial charge >= 0.3 is 0 Å². The van der Waals surface area contributed by atoms with Crippen LogP contribution in [0.5, 0.6) is 0 Å². The first-order chi connectivity index (χ1) is 3.57. The fourth-order valence-electron chi connectivity index (χ4n) is 0.330. The monoisotopic (exact) mass is 118 g/mol. The van der Waals surface area contributed by atoms with Crippen LogP contribution in [-0.2, 0) is 9.53 Å². The van der Waals surface area contributed by atoms with Crippen LogP contribution >= 0.6 is 0 Å². The summed E-state index contributed by atoms with van der Waals surface area (Å²) in [7, 11) is 0. The molecule has 5 N–H and O–H groups in total. The SMILES string of the molecule is NC(=O)[C@]1(N)O[C@H]1O. The second-order valence-corrected chi connectivity index (χ2v) is 1.63. The molecule has 46 valence electrons. The third kappa shape index (κ3) is 0.492. The van der Waals surface area contributed by atoms with Crippen LogP contribution in [-0.4, -0.2) is 23.0 Å². The van der Waals surface area contributed by atoms with Gasteiger partial charge in [0.1, 0.15) is 0 Å². The molecule has 1 fully saturated rings. The number of rotatable bonds is 1. The second kappa shape index (κ2) is 1.19. The largest absolute Gasteiger partial charge is 0.366 e. The highest BCUT2D eigenvalue weighted by Gasteiger charge is 2.58. The number of aliphatic hydroxyl groups excluding tert-OH is 1. The Bertz CT molecular complexity index is 136. The van der Waals surface area contributed by atoms with Gasteiger partial charge < -0.3 is 15.6 Å². The molecule has 0 spiro atoms. The minimum Gasteiger partial charge on any atom is -0.366 e. The van der Waals surface area contributed by atoms with Crippen LogP contribution in [0.4, 0.5) is 0 Å². The van der Waals surface area contributed by atoms with Gasteiger partial charge in [0, 0.05) is 0 Å². The smallest absolute Gasteiger partial charge is 0.270 e. The third-order valence-electron chi connectivity index (χ3n) is 1.00. The average molecular weight is 118 g/mol. The number of primary amides is 1. The van der Waals surface area contributed by atoms with E-state index in [0.717, 1.165) is 0 Å². The number of amides is 1. The van der Waals surface area contributed by atoms with E-state index < -0.39 is 17.9 Å². The molecule has 0 bridgehead atoms. The highest BCUT2D eigenvalue weighted by Crippen LogP contribution is 2.26. The van der Waals surface area contributed by atoms with Crippen molar-refractivity contribution in [3.8, 4) is 0 Å². The van der Waals surface area contributed by atoms with Crippen LogP contribution < -0.4 is 11.5 Å². The maximum atomic E-state index is 10.1. The fourth-order valence-corrected chi connectivity index (χ4v) is 0.330. The highest BCUT2D eigenvalue weighted by atomic mass is 16.7. The van der Waals surface area contributed by atoms with Gasteiger partial charge in [0.05, 0.1) is 0 Å². The number of carbonyl (C=O) groups excluding carboxylic acids is 1. The molecule has 1 amide bonds. The summed E-state index contributed by atoms with van der Waals surface area (Å²) in [6, 6.07) is 0. The van der Waals surface area contributed by atoms with Crippen molar-refractivity contribution >= 4 is 5.91 Å². The molecular formula is C3H6N2O3. The van der Waals surface area contributed by atoms with Gasteiger partial charge in [-0.2, -0.15) is 0 Å². The maximum Gasteiger partial charge on any atom is 0.270 e. The van der Waals surface area contributed by atoms with E-state index in [-0.39, 0.29) is 0 Å². The third-order valence-corrected chi connectivity index (χ3v) is 1.00. The van der Waals surface area contributed by atoms with E-state index in [1.807, 2.05) is 0 Å². The minimum absolute atomic E-state index is 0.843. The zero-order valence-electron chi connectivity index (χ0n) is 4.00. The van der Waals surface area contributed by atoms with E-state index >= 15 is 0 Å². The molecule has 5 heteroatoms. The molecule has 0 saturated carbocycles. The normalized spacial score (nSPS) is 44.0. The van der Waals surface area contributed by atoms with E-state index in [9.17, 15) is 4.79 Å². The van der Waals surface area contributed by atoms with Gasteiger partial charge in [-0.25, -0.2) is 0 Å². The Morgan fingerprint density at radius 3 is 2.25 bits per heavy atom. The topological polar surface area (TPSA) is 102 Å². The standard InChI is InChI=1S/C3H6N2O3/c4-1(6)3(5)2(7)8-3/h2,7H,5H2,(H2,4,6)/t2-,3+/m1/s1. The Hall–Kier alpha value is -0.650. The predicted octanol–water partition coefficient (Wildman–Crippen LogP) is -2.52. The zero-order chi connectivity index (χ0) is 6.36. The van der Waals surface area contributed by atoms with Gasteiger partial charge in [-0.15, -0.1) is 0 Å². The summed E-state index contributed by atoms with van der Waals surface area (Å²) in [4.78, 5) is 10.1. The predicted molar refractivity (Wildman–Crippen MR) is 23.2 cm³/mol. The highest BCUT2D eigenvalue weighted by molar-refractivity contribution is 5.85. The first-order valence-electron chi connectivity index (χ1n) is 2.02. The van der Waals surface area contributed by atoms with Crippen LogP contribution in [0, 0.1) is 0 Å². The Morgan fingerprint density at radius 1 is 1.88 bits per heavy atom. The summed E-state index contributed by atoms with van der Waals surface area (Å²) in [6.45, 7) is 0. The molecule has 1 rings (SSSR count). The van der Waals surface area contributed by atoms with E-state index in [1.165, 1.54) is 0 Å². The molecule has 8 heavy (non-hydrogen) atoms. The van der Waals surface area contributed by atoms with Crippen molar-refractivity contribution in [2.24, 2.45) is 11.5 Å². The van der Waals surface area contributed by atoms with Gasteiger partial charge in [-0.3, -0.25) is 10.5 Å². The van der Waals surface area contributed by atoms with Crippen molar-refractivity contribution in [2.75, 3.05) is 0 Å². The van der Waals surface area contributed by atoms with Gasteiger partial charge in [-0.1, -0.05) is 0 Å². The maximum absolute atomic E-state index is 10.1. The number of carbonyl (C=O) groups is 1. The number of hydrogen-bond acceptors (Lipinski definition) is 4. The summed E-state index contributed by atoms with van der Waals surface area (Å²) in [5.74, 6) is -0.843. The van der Waals surface area contributed by atoms with Crippen molar-refractivity contribution in [1.29, 1.82) is 0 Å². The van der Waals surface area contributed by atoms with Gasteiger partial charge in [-0.05, 0) is 0 Å². The van der Waals surface area contributed by atoms with Crippen LogP contribution in [0.25, 0.3) is 0 Å². The average Bonchev–Trinajstić information content (AvgIpc) is 2.17. The Morgan fingerprint density at radius 2 is 2.25 bits per heavy atom. The molecule has 0 unspecified atom stereocenters. The van der Waals surface area contributed by atoms with Gasteiger partial charge in [0.25, 0.3) is 11.6 Å². The lowest BCUT2D eigenvalue weighted by atomic mass is 10.3. The first-order valence-corrected chi connectivity index (χ1v) is 2.02. The van der Waals surface area contributed by atoms with Gasteiger partial charge in [0.15, 0.2) is 0 Å². The minimum atomic E-state index is -1.60. The molecule has 1 heterocycles. The number of hydrogen-bond donors (Lipinski definition) is 3.